The molecule has 76 heavy (non-hydrogen) atoms. The number of carbonyl (C=O) groups is 4. The molecule has 3 amide bonds. The molecule has 1 saturated carbocycles. The molecule has 1 aliphatic carbocycles. The van der Waals surface area contributed by atoms with Crippen LogP contribution in [0, 0.1) is 18.3 Å². The molecular formula is C58H73N9O8S. The van der Waals surface area contributed by atoms with E-state index < -0.39 is 23.5 Å². The molecule has 0 radical (unpaired) electrons. The van der Waals surface area contributed by atoms with Gasteiger partial charge >= 0.3 is 0 Å². The number of para-hydroxylation sites is 1. The van der Waals surface area contributed by atoms with Gasteiger partial charge in [-0.05, 0) is 79.6 Å². The zero-order chi connectivity index (χ0) is 53.9. The number of Topliss-reactive ketones (excluding diaryl/α,β-unsaturated/α-hetero) is 1. The monoisotopic (exact) mass is 1060 g/mol. The Morgan fingerprint density at radius 1 is 0.895 bits per heavy atom. The lowest BCUT2D eigenvalue weighted by molar-refractivity contribution is -0.142. The number of rotatable bonds is 24. The average molecular weight is 1060 g/mol. The van der Waals surface area contributed by atoms with Crippen molar-refractivity contribution in [1.29, 1.82) is 0 Å². The summed E-state index contributed by atoms with van der Waals surface area (Å²) in [6.07, 6.45) is 5.86. The molecule has 2 aromatic heterocycles. The summed E-state index contributed by atoms with van der Waals surface area (Å²) in [5.41, 5.74) is 8.52. The van der Waals surface area contributed by atoms with Gasteiger partial charge < -0.3 is 50.0 Å². The summed E-state index contributed by atoms with van der Waals surface area (Å²) in [6.45, 7) is 16.5. The minimum atomic E-state index is -0.695. The van der Waals surface area contributed by atoms with Gasteiger partial charge in [0.2, 0.25) is 11.9 Å². The minimum absolute atomic E-state index is 0.0669. The van der Waals surface area contributed by atoms with E-state index >= 15 is 0 Å². The van der Waals surface area contributed by atoms with Gasteiger partial charge in [-0.3, -0.25) is 19.2 Å². The van der Waals surface area contributed by atoms with E-state index in [0.717, 1.165) is 53.1 Å². The Bertz CT molecular complexity index is 2810. The van der Waals surface area contributed by atoms with E-state index in [1.807, 2.05) is 64.4 Å². The van der Waals surface area contributed by atoms with Crippen molar-refractivity contribution in [3.8, 4) is 10.4 Å². The normalized spacial score (nSPS) is 17.5. The molecule has 4 heterocycles. The molecule has 8 rings (SSSR count). The highest BCUT2D eigenvalue weighted by Gasteiger charge is 2.43. The lowest BCUT2D eigenvalue weighted by Gasteiger charge is -2.36. The number of aryl methyl sites for hydroxylation is 1. The van der Waals surface area contributed by atoms with Crippen LogP contribution < -0.4 is 25.8 Å². The predicted octanol–water partition coefficient (Wildman–Crippen LogP) is 8.94. The van der Waals surface area contributed by atoms with Crippen LogP contribution in [-0.2, 0) is 23.8 Å². The zero-order valence-electron chi connectivity index (χ0n) is 44.7. The van der Waals surface area contributed by atoms with E-state index in [9.17, 15) is 24.3 Å². The molecule has 17 nitrogen and oxygen atoms in total. The van der Waals surface area contributed by atoms with Crippen LogP contribution in [0.2, 0.25) is 0 Å². The highest BCUT2D eigenvalue weighted by atomic mass is 32.1. The van der Waals surface area contributed by atoms with Crippen LogP contribution in [0.3, 0.4) is 0 Å². The van der Waals surface area contributed by atoms with Gasteiger partial charge in [-0.2, -0.15) is 4.98 Å². The van der Waals surface area contributed by atoms with E-state index in [4.69, 9.17) is 19.2 Å². The van der Waals surface area contributed by atoms with Gasteiger partial charge in [0.1, 0.15) is 11.5 Å². The number of hydrogen-bond donors (Lipinski definition) is 4. The molecule has 4 atom stereocenters. The fourth-order valence-corrected chi connectivity index (χ4v) is 11.0. The quantitative estimate of drug-likeness (QED) is 0.0427. The molecule has 2 aliphatic heterocycles. The number of β-amino-alcohol motifs (C(OH)–C–C–N with tert-alkyl or cyclic N) is 1. The number of fused-ring (bicyclic) bond motifs is 2. The largest absolute Gasteiger partial charge is 0.391 e. The fourth-order valence-electron chi connectivity index (χ4n) is 10.2. The number of anilines is 5. The molecule has 0 spiro atoms. The van der Waals surface area contributed by atoms with Crippen molar-refractivity contribution < 1.29 is 38.5 Å². The smallest absolute Gasteiger partial charge is 0.260 e. The number of aliphatic hydroxyl groups excluding tert-OH is 1. The van der Waals surface area contributed by atoms with E-state index in [1.165, 1.54) is 0 Å². The minimum Gasteiger partial charge on any atom is -0.391 e. The molecule has 404 valence electrons. The summed E-state index contributed by atoms with van der Waals surface area (Å²) in [5.74, 6) is -0.0908. The van der Waals surface area contributed by atoms with Crippen molar-refractivity contribution in [3.63, 3.8) is 0 Å². The van der Waals surface area contributed by atoms with E-state index in [-0.39, 0.29) is 61.6 Å². The van der Waals surface area contributed by atoms with Gasteiger partial charge in [-0.25, -0.2) is 9.97 Å². The number of nitrogens with one attached hydrogen (secondary N) is 3. The third-order valence-electron chi connectivity index (χ3n) is 14.5. The predicted molar refractivity (Wildman–Crippen MR) is 296 cm³/mol. The third-order valence-corrected chi connectivity index (χ3v) is 15.5. The first-order valence-corrected chi connectivity index (χ1v) is 27.3. The van der Waals surface area contributed by atoms with Crippen molar-refractivity contribution in [2.75, 3.05) is 74.9 Å². The summed E-state index contributed by atoms with van der Waals surface area (Å²) < 4.78 is 17.0. The number of aromatic nitrogens is 3. The van der Waals surface area contributed by atoms with Crippen molar-refractivity contribution in [1.82, 2.24) is 30.5 Å². The van der Waals surface area contributed by atoms with Gasteiger partial charge in [0.05, 0.1) is 85.3 Å². The average Bonchev–Trinajstić information content (AvgIpc) is 4.20. The molecule has 0 bridgehead atoms. The van der Waals surface area contributed by atoms with Crippen LogP contribution in [0.25, 0.3) is 10.4 Å². The number of benzene rings is 3. The van der Waals surface area contributed by atoms with Crippen molar-refractivity contribution >= 4 is 63.7 Å². The Balaban J connectivity index is 0.698. The Hall–Kier alpha value is -6.57. The Labute approximate surface area is 450 Å². The molecule has 18 heteroatoms. The van der Waals surface area contributed by atoms with Crippen molar-refractivity contribution in [2.45, 2.75) is 104 Å². The second kappa shape index (κ2) is 25.5. The Morgan fingerprint density at radius 3 is 2.26 bits per heavy atom. The summed E-state index contributed by atoms with van der Waals surface area (Å²) in [5, 5.41) is 20.4. The number of nitrogens with zero attached hydrogens (tertiary/aromatic N) is 6. The molecule has 0 unspecified atom stereocenters. The number of thiazole rings is 1. The van der Waals surface area contributed by atoms with Crippen LogP contribution in [0.4, 0.5) is 28.8 Å². The maximum absolute atomic E-state index is 14.2. The number of amides is 3. The van der Waals surface area contributed by atoms with Crippen LogP contribution in [0.15, 0.2) is 96.8 Å². The first kappa shape index (κ1) is 55.7. The summed E-state index contributed by atoms with van der Waals surface area (Å²) >= 11 is 1.62. The molecule has 2 fully saturated rings. The molecule has 5 aromatic rings. The van der Waals surface area contributed by atoms with Crippen LogP contribution in [-0.4, -0.2) is 126 Å². The van der Waals surface area contributed by atoms with Gasteiger partial charge in [-0.1, -0.05) is 76.6 Å². The second-order valence-electron chi connectivity index (χ2n) is 21.0. The Kier molecular flexibility index (Phi) is 18.7. The Morgan fingerprint density at radius 2 is 1.58 bits per heavy atom. The molecule has 3 aromatic carbocycles. The first-order valence-electron chi connectivity index (χ1n) is 26.4. The van der Waals surface area contributed by atoms with Gasteiger partial charge in [0.25, 0.3) is 11.8 Å². The standard InChI is InChI=1S/C58H73N9O8S/c1-37(40-16-18-41(19-17-40)52-39(3)61-36-76-52)62-38(2)50-33-46(69)35-66(50)56(72)48(58(4,5)6)32-45(68)24-26-73-28-30-75-31-29-74-27-25-59-54(70)42-20-22-43(23-21-42)63-57-60-34-51-53(64-57)67(44-12-8-9-13-44)49-15-11-10-14-47(49)55(71)65(51)7/h10-11,14-23,34,36-37,44,46,48,50,62,69H,2,8-9,12-13,24-33,35H2,1,3-7H3,(H,59,70)(H,60,63,64)/t37-,46+,48+,50-/m0/s1. The summed E-state index contributed by atoms with van der Waals surface area (Å²) in [6, 6.07) is 22.8. The summed E-state index contributed by atoms with van der Waals surface area (Å²) in [4.78, 5) is 74.5. The number of hydrogen-bond acceptors (Lipinski definition) is 15. The lowest BCUT2D eigenvalue weighted by Crippen LogP contribution is -2.47. The molecular weight excluding hydrogens is 983 g/mol. The number of likely N-dealkylation sites (tertiary alicyclic amines) is 1. The number of ketones is 1. The second-order valence-corrected chi connectivity index (χ2v) is 21.8. The van der Waals surface area contributed by atoms with Crippen LogP contribution in [0.5, 0.6) is 0 Å². The van der Waals surface area contributed by atoms with Gasteiger partial charge in [0, 0.05) is 74.3 Å². The third kappa shape index (κ3) is 13.7. The first-order chi connectivity index (χ1) is 36.6. The number of aliphatic hydroxyl groups is 1. The summed E-state index contributed by atoms with van der Waals surface area (Å²) in [7, 11) is 1.76. The zero-order valence-corrected chi connectivity index (χ0v) is 45.5. The molecule has 4 N–H and O–H groups in total. The maximum Gasteiger partial charge on any atom is 0.260 e. The van der Waals surface area contributed by atoms with Crippen LogP contribution >= 0.6 is 11.3 Å². The highest BCUT2D eigenvalue weighted by Crippen LogP contribution is 2.44. The SMILES string of the molecule is C=C(N[C@@H](C)c1ccc(-c2scnc2C)cc1)[C@@H]1C[C@@H](O)CN1C(=O)[C@@H](CC(=O)CCOCCOCCOCCNC(=O)c1ccc(Nc2ncc3c(n2)N(C2CCCC2)c2ccccc2C(=O)N3C)cc1)C(C)(C)C. The maximum atomic E-state index is 14.2. The molecule has 1 saturated heterocycles. The lowest BCUT2D eigenvalue weighted by atomic mass is 9.76. The fraction of sp³-hybridized carbons (Fsp3) is 0.466. The van der Waals surface area contributed by atoms with Gasteiger partial charge in [-0.15, -0.1) is 11.3 Å². The van der Waals surface area contributed by atoms with E-state index in [2.05, 4.69) is 61.7 Å². The number of carbonyl (C=O) groups excluding carboxylic acids is 4. The van der Waals surface area contributed by atoms with E-state index in [0.29, 0.717) is 86.0 Å². The van der Waals surface area contributed by atoms with E-state index in [1.54, 1.807) is 58.6 Å². The van der Waals surface area contributed by atoms with Crippen molar-refractivity contribution in [3.05, 3.63) is 119 Å². The topological polar surface area (TPSA) is 201 Å². The highest BCUT2D eigenvalue weighted by molar-refractivity contribution is 7.13. The van der Waals surface area contributed by atoms with Crippen molar-refractivity contribution in [2.24, 2.45) is 11.3 Å². The number of ether oxygens (including phenoxy) is 3. The van der Waals surface area contributed by atoms with Crippen LogP contribution in [0.1, 0.15) is 111 Å². The van der Waals surface area contributed by atoms with Gasteiger partial charge in [0.15, 0.2) is 5.82 Å². The molecule has 3 aliphatic rings.